The lowest BCUT2D eigenvalue weighted by atomic mass is 10.1. The van der Waals surface area contributed by atoms with Crippen molar-refractivity contribution < 1.29 is 22.3 Å². The number of ether oxygens (including phenoxy) is 1. The van der Waals surface area contributed by atoms with E-state index < -0.39 is 21.5 Å². The van der Waals surface area contributed by atoms with Crippen molar-refractivity contribution >= 4 is 15.7 Å². The van der Waals surface area contributed by atoms with Gasteiger partial charge in [-0.05, 0) is 23.6 Å². The van der Waals surface area contributed by atoms with E-state index in [-0.39, 0.29) is 30.1 Å². The number of benzene rings is 1. The molecule has 7 heteroatoms. The van der Waals surface area contributed by atoms with Crippen molar-refractivity contribution in [3.8, 4) is 0 Å². The van der Waals surface area contributed by atoms with Gasteiger partial charge in [-0.2, -0.15) is 0 Å². The fraction of sp³-hybridized carbons (Fsp3) is 0.562. The predicted octanol–water partition coefficient (Wildman–Crippen LogP) is 1.80. The van der Waals surface area contributed by atoms with Crippen LogP contribution in [0, 0.1) is 11.7 Å². The van der Waals surface area contributed by atoms with Crippen molar-refractivity contribution in [2.45, 2.75) is 20.0 Å². The lowest BCUT2D eigenvalue weighted by Gasteiger charge is -2.33. The summed E-state index contributed by atoms with van der Waals surface area (Å²) in [6.07, 6.45) is -0.360. The van der Waals surface area contributed by atoms with E-state index in [2.05, 4.69) is 0 Å². The Balaban J connectivity index is 2.00. The molecule has 1 fully saturated rings. The number of rotatable bonds is 5. The number of amides is 1. The average Bonchev–Trinajstić information content (AvgIpc) is 2.46. The molecule has 1 heterocycles. The Hall–Kier alpha value is -1.47. The number of morpholine rings is 1. The first-order valence-corrected chi connectivity index (χ1v) is 9.44. The first-order chi connectivity index (χ1) is 10.8. The van der Waals surface area contributed by atoms with Gasteiger partial charge in [-0.3, -0.25) is 4.79 Å². The van der Waals surface area contributed by atoms with Crippen LogP contribution in [0.5, 0.6) is 0 Å². The Bertz CT molecular complexity index is 643. The molecule has 1 atom stereocenters. The quantitative estimate of drug-likeness (QED) is 0.818. The predicted molar refractivity (Wildman–Crippen MR) is 85.2 cm³/mol. The second-order valence-electron chi connectivity index (χ2n) is 6.20. The molecule has 0 radical (unpaired) electrons. The van der Waals surface area contributed by atoms with Crippen molar-refractivity contribution in [1.82, 2.24) is 4.90 Å². The maximum atomic E-state index is 13.0. The third-order valence-electron chi connectivity index (χ3n) is 3.59. The molecule has 1 aliphatic heterocycles. The highest BCUT2D eigenvalue weighted by Gasteiger charge is 2.28. The van der Waals surface area contributed by atoms with Crippen LogP contribution in [0.2, 0.25) is 0 Å². The summed E-state index contributed by atoms with van der Waals surface area (Å²) < 4.78 is 42.5. The van der Waals surface area contributed by atoms with Crippen LogP contribution in [0.4, 0.5) is 4.39 Å². The number of sulfone groups is 1. The van der Waals surface area contributed by atoms with Crippen LogP contribution in [-0.2, 0) is 19.4 Å². The minimum absolute atomic E-state index is 0.00444. The third-order valence-corrected chi connectivity index (χ3v) is 5.45. The van der Waals surface area contributed by atoms with Crippen molar-refractivity contribution in [2.75, 3.05) is 31.2 Å². The van der Waals surface area contributed by atoms with Gasteiger partial charge in [0.2, 0.25) is 5.91 Å². The number of carbonyl (C=O) groups is 1. The van der Waals surface area contributed by atoms with E-state index in [4.69, 9.17) is 4.74 Å². The molecule has 23 heavy (non-hydrogen) atoms. The van der Waals surface area contributed by atoms with Crippen LogP contribution in [0.15, 0.2) is 24.3 Å². The lowest BCUT2D eigenvalue weighted by Crippen LogP contribution is -2.45. The van der Waals surface area contributed by atoms with Crippen molar-refractivity contribution in [2.24, 2.45) is 5.92 Å². The fourth-order valence-corrected chi connectivity index (χ4v) is 4.29. The van der Waals surface area contributed by atoms with Gasteiger partial charge in [-0.25, -0.2) is 12.8 Å². The summed E-state index contributed by atoms with van der Waals surface area (Å²) in [5.41, 5.74) is 0.772. The summed E-state index contributed by atoms with van der Waals surface area (Å²) in [6.45, 7) is 4.59. The molecule has 0 aliphatic carbocycles. The van der Waals surface area contributed by atoms with Gasteiger partial charge in [-0.15, -0.1) is 0 Å². The molecule has 0 spiro atoms. The molecule has 1 aliphatic rings. The summed E-state index contributed by atoms with van der Waals surface area (Å²) >= 11 is 0. The molecule has 0 bridgehead atoms. The SMILES string of the molecule is CC(C)CS(=O)(=O)CC(=O)N1CCOC(c2ccc(F)cc2)C1. The largest absolute Gasteiger partial charge is 0.370 e. The Morgan fingerprint density at radius 3 is 2.61 bits per heavy atom. The smallest absolute Gasteiger partial charge is 0.237 e. The average molecular weight is 343 g/mol. The highest BCUT2D eigenvalue weighted by Crippen LogP contribution is 2.22. The zero-order valence-corrected chi connectivity index (χ0v) is 14.2. The summed E-state index contributed by atoms with van der Waals surface area (Å²) in [6, 6.07) is 5.91. The van der Waals surface area contributed by atoms with E-state index in [0.717, 1.165) is 5.56 Å². The molecule has 128 valence electrons. The monoisotopic (exact) mass is 343 g/mol. The summed E-state index contributed by atoms with van der Waals surface area (Å²) in [7, 11) is -3.40. The maximum absolute atomic E-state index is 13.0. The molecule has 5 nitrogen and oxygen atoms in total. The van der Waals surface area contributed by atoms with E-state index in [1.54, 1.807) is 26.0 Å². The molecular weight excluding hydrogens is 321 g/mol. The molecule has 0 aromatic heterocycles. The van der Waals surface area contributed by atoms with Crippen LogP contribution >= 0.6 is 0 Å². The molecule has 1 saturated heterocycles. The van der Waals surface area contributed by atoms with Gasteiger partial charge in [0.1, 0.15) is 17.7 Å². The van der Waals surface area contributed by atoms with E-state index in [1.807, 2.05) is 0 Å². The molecule has 1 unspecified atom stereocenters. The van der Waals surface area contributed by atoms with Crippen molar-refractivity contribution in [3.05, 3.63) is 35.6 Å². The van der Waals surface area contributed by atoms with E-state index in [1.165, 1.54) is 17.0 Å². The number of carbonyl (C=O) groups excluding carboxylic acids is 1. The second kappa shape index (κ2) is 7.40. The van der Waals surface area contributed by atoms with Crippen molar-refractivity contribution in [1.29, 1.82) is 0 Å². The number of nitrogens with zero attached hydrogens (tertiary/aromatic N) is 1. The van der Waals surface area contributed by atoms with Crippen LogP contribution in [0.1, 0.15) is 25.5 Å². The first kappa shape index (κ1) is 17.9. The number of halogens is 1. The standard InChI is InChI=1S/C16H22FNO4S/c1-12(2)10-23(20,21)11-16(19)18-7-8-22-15(9-18)13-3-5-14(17)6-4-13/h3-6,12,15H,7-11H2,1-2H3. The molecule has 1 aromatic carbocycles. The van der Waals surface area contributed by atoms with E-state index in [0.29, 0.717) is 13.2 Å². The van der Waals surface area contributed by atoms with Gasteiger partial charge in [-0.1, -0.05) is 26.0 Å². The van der Waals surface area contributed by atoms with Gasteiger partial charge in [0.25, 0.3) is 0 Å². The molecule has 1 aromatic rings. The van der Waals surface area contributed by atoms with E-state index >= 15 is 0 Å². The van der Waals surface area contributed by atoms with Gasteiger partial charge in [0.05, 0.1) is 18.9 Å². The highest BCUT2D eigenvalue weighted by atomic mass is 32.2. The molecule has 0 saturated carbocycles. The fourth-order valence-electron chi connectivity index (χ4n) is 2.60. The van der Waals surface area contributed by atoms with Crippen LogP contribution in [0.3, 0.4) is 0 Å². The van der Waals surface area contributed by atoms with Crippen LogP contribution < -0.4 is 0 Å². The van der Waals surface area contributed by atoms with Crippen LogP contribution in [0.25, 0.3) is 0 Å². The van der Waals surface area contributed by atoms with Gasteiger partial charge >= 0.3 is 0 Å². The molecule has 2 rings (SSSR count). The topological polar surface area (TPSA) is 63.7 Å². The zero-order chi connectivity index (χ0) is 17.0. The highest BCUT2D eigenvalue weighted by molar-refractivity contribution is 7.92. The minimum atomic E-state index is -3.40. The molecular formula is C16H22FNO4S. The summed E-state index contributed by atoms with van der Waals surface area (Å²) in [4.78, 5) is 13.8. The van der Waals surface area contributed by atoms with Gasteiger partial charge < -0.3 is 9.64 Å². The minimum Gasteiger partial charge on any atom is -0.370 e. The molecule has 0 N–H and O–H groups in total. The Morgan fingerprint density at radius 1 is 1.35 bits per heavy atom. The lowest BCUT2D eigenvalue weighted by molar-refractivity contribution is -0.136. The Kier molecular flexibility index (Phi) is 5.75. The van der Waals surface area contributed by atoms with E-state index in [9.17, 15) is 17.6 Å². The van der Waals surface area contributed by atoms with Crippen molar-refractivity contribution in [3.63, 3.8) is 0 Å². The third kappa shape index (κ3) is 5.28. The molecule has 1 amide bonds. The first-order valence-electron chi connectivity index (χ1n) is 7.62. The van der Waals surface area contributed by atoms with Gasteiger partial charge in [0, 0.05) is 6.54 Å². The zero-order valence-electron chi connectivity index (χ0n) is 13.4. The maximum Gasteiger partial charge on any atom is 0.237 e. The summed E-state index contributed by atoms with van der Waals surface area (Å²) in [5, 5.41) is 0. The van der Waals surface area contributed by atoms with Gasteiger partial charge in [0.15, 0.2) is 9.84 Å². The van der Waals surface area contributed by atoms with Crippen LogP contribution in [-0.4, -0.2) is 50.4 Å². The Labute approximate surface area is 136 Å². The number of hydrogen-bond donors (Lipinski definition) is 0. The Morgan fingerprint density at radius 2 is 2.00 bits per heavy atom. The number of hydrogen-bond acceptors (Lipinski definition) is 4. The summed E-state index contributed by atoms with van der Waals surface area (Å²) in [5.74, 6) is -1.21. The second-order valence-corrected chi connectivity index (χ2v) is 8.31. The normalized spacial score (nSPS) is 19.1.